The molecule has 0 aliphatic carbocycles. The van der Waals surface area contributed by atoms with Crippen LogP contribution in [0.4, 0.5) is 0 Å². The largest absolute Gasteiger partial charge is 0.462 e. The summed E-state index contributed by atoms with van der Waals surface area (Å²) >= 11 is 0. The molecule has 1 atom stereocenters. The van der Waals surface area contributed by atoms with Crippen molar-refractivity contribution in [2.75, 3.05) is 13.2 Å². The second-order valence-electron chi connectivity index (χ2n) is 4.11. The lowest BCUT2D eigenvalue weighted by Gasteiger charge is -2.13. The Hall–Kier alpha value is -0.870. The molecule has 0 spiro atoms. The summed E-state index contributed by atoms with van der Waals surface area (Å²) in [6.45, 7) is 5.80. The van der Waals surface area contributed by atoms with E-state index in [-0.39, 0.29) is 12.6 Å². The van der Waals surface area contributed by atoms with Gasteiger partial charge >= 0.3 is 5.97 Å². The first kappa shape index (κ1) is 16.1. The van der Waals surface area contributed by atoms with Gasteiger partial charge in [0.1, 0.15) is 0 Å². The summed E-state index contributed by atoms with van der Waals surface area (Å²) in [7, 11) is 0. The molecule has 0 saturated carbocycles. The molecule has 0 amide bonds. The van der Waals surface area contributed by atoms with Gasteiger partial charge in [0.2, 0.25) is 0 Å². The first-order valence-corrected chi connectivity index (χ1v) is 6.21. The van der Waals surface area contributed by atoms with Crippen molar-refractivity contribution in [3.05, 3.63) is 11.1 Å². The van der Waals surface area contributed by atoms with Crippen LogP contribution in [0.1, 0.15) is 46.5 Å². The van der Waals surface area contributed by atoms with E-state index in [0.29, 0.717) is 25.0 Å². The normalized spacial score (nSPS) is 14.2. The van der Waals surface area contributed by atoms with Crippen molar-refractivity contribution in [2.45, 2.75) is 52.6 Å². The number of ether oxygens (including phenoxy) is 1. The van der Waals surface area contributed by atoms with E-state index in [1.54, 1.807) is 6.92 Å². The van der Waals surface area contributed by atoms with Gasteiger partial charge in [-0.25, -0.2) is 4.79 Å². The fourth-order valence-corrected chi connectivity index (χ4v) is 1.47. The Morgan fingerprint density at radius 3 is 2.47 bits per heavy atom. The van der Waals surface area contributed by atoms with E-state index >= 15 is 0 Å². The highest BCUT2D eigenvalue weighted by atomic mass is 16.5. The van der Waals surface area contributed by atoms with Gasteiger partial charge in [0.25, 0.3) is 0 Å². The average Bonchev–Trinajstić information content (AvgIpc) is 2.34. The van der Waals surface area contributed by atoms with Crippen LogP contribution < -0.4 is 0 Å². The predicted molar refractivity (Wildman–Crippen MR) is 66.6 cm³/mol. The number of rotatable bonds is 8. The molecule has 0 aromatic rings. The van der Waals surface area contributed by atoms with Gasteiger partial charge in [0, 0.05) is 5.57 Å². The molecule has 17 heavy (non-hydrogen) atoms. The minimum atomic E-state index is -0.802. The lowest BCUT2D eigenvalue weighted by atomic mass is 10.0. The minimum Gasteiger partial charge on any atom is -0.462 e. The fraction of sp³-hybridized carbons (Fsp3) is 0.769. The van der Waals surface area contributed by atoms with Crippen molar-refractivity contribution in [1.29, 1.82) is 0 Å². The molecule has 0 fully saturated rings. The van der Waals surface area contributed by atoms with Crippen LogP contribution >= 0.6 is 0 Å². The number of hydrogen-bond donors (Lipinski definition) is 2. The monoisotopic (exact) mass is 244 g/mol. The van der Waals surface area contributed by atoms with E-state index in [1.165, 1.54) is 0 Å². The third-order valence-electron chi connectivity index (χ3n) is 2.69. The van der Waals surface area contributed by atoms with Crippen molar-refractivity contribution >= 4 is 5.97 Å². The lowest BCUT2D eigenvalue weighted by Crippen LogP contribution is -2.16. The maximum absolute atomic E-state index is 11.7. The summed E-state index contributed by atoms with van der Waals surface area (Å²) in [5.41, 5.74) is 1.39. The summed E-state index contributed by atoms with van der Waals surface area (Å²) in [6, 6.07) is 0. The van der Waals surface area contributed by atoms with Crippen LogP contribution in [-0.2, 0) is 9.53 Å². The van der Waals surface area contributed by atoms with Crippen molar-refractivity contribution in [3.63, 3.8) is 0 Å². The molecular weight excluding hydrogens is 220 g/mol. The number of carbonyl (C=O) groups excluding carboxylic acids is 1. The van der Waals surface area contributed by atoms with E-state index in [0.717, 1.165) is 18.4 Å². The summed E-state index contributed by atoms with van der Waals surface area (Å²) in [5.74, 6) is -0.319. The maximum atomic E-state index is 11.7. The second-order valence-corrected chi connectivity index (χ2v) is 4.11. The van der Waals surface area contributed by atoms with Gasteiger partial charge in [-0.15, -0.1) is 0 Å². The number of carbonyl (C=O) groups is 1. The first-order chi connectivity index (χ1) is 8.06. The predicted octanol–water partition coefficient (Wildman–Crippen LogP) is 1.80. The van der Waals surface area contributed by atoms with Gasteiger partial charge in [-0.05, 0) is 26.2 Å². The number of hydrogen-bond acceptors (Lipinski definition) is 4. The second kappa shape index (κ2) is 9.19. The Balaban J connectivity index is 4.44. The molecule has 0 rings (SSSR count). The highest BCUT2D eigenvalue weighted by Gasteiger charge is 2.13. The third-order valence-corrected chi connectivity index (χ3v) is 2.69. The maximum Gasteiger partial charge on any atom is 0.333 e. The highest BCUT2D eigenvalue weighted by Crippen LogP contribution is 2.16. The van der Waals surface area contributed by atoms with Crippen LogP contribution in [0.25, 0.3) is 0 Å². The standard InChI is InChI=1S/C13H24O4/c1-4-6-7-17-13(16)10(3)11(5-2)8-12(15)9-14/h12,14-15H,4-9H2,1-3H3. The van der Waals surface area contributed by atoms with E-state index in [4.69, 9.17) is 9.84 Å². The average molecular weight is 244 g/mol. The van der Waals surface area contributed by atoms with Gasteiger partial charge in [-0.3, -0.25) is 0 Å². The zero-order valence-corrected chi connectivity index (χ0v) is 11.0. The molecule has 0 bridgehead atoms. The first-order valence-electron chi connectivity index (χ1n) is 6.21. The Labute approximate surface area is 103 Å². The van der Waals surface area contributed by atoms with Gasteiger partial charge in [-0.1, -0.05) is 25.8 Å². The van der Waals surface area contributed by atoms with Crippen LogP contribution in [0, 0.1) is 0 Å². The quantitative estimate of drug-likeness (QED) is 0.388. The summed E-state index contributed by atoms with van der Waals surface area (Å²) in [6.07, 6.45) is 2.04. The molecule has 4 nitrogen and oxygen atoms in total. The minimum absolute atomic E-state index is 0.290. The molecular formula is C13H24O4. The summed E-state index contributed by atoms with van der Waals surface area (Å²) in [5, 5.41) is 18.2. The number of esters is 1. The van der Waals surface area contributed by atoms with Crippen LogP contribution in [0.2, 0.25) is 0 Å². The molecule has 0 heterocycles. The fourth-order valence-electron chi connectivity index (χ4n) is 1.47. The van der Waals surface area contributed by atoms with Crippen molar-refractivity contribution in [2.24, 2.45) is 0 Å². The Bertz CT molecular complexity index is 258. The summed E-state index contributed by atoms with van der Waals surface area (Å²) < 4.78 is 5.10. The molecule has 0 aliphatic heterocycles. The number of unbranched alkanes of at least 4 members (excludes halogenated alkanes) is 1. The molecule has 4 heteroatoms. The van der Waals surface area contributed by atoms with E-state index < -0.39 is 6.10 Å². The van der Waals surface area contributed by atoms with Crippen molar-refractivity contribution in [3.8, 4) is 0 Å². The van der Waals surface area contributed by atoms with Gasteiger partial charge < -0.3 is 14.9 Å². The molecule has 0 radical (unpaired) electrons. The van der Waals surface area contributed by atoms with Crippen LogP contribution in [-0.4, -0.2) is 35.5 Å². The topological polar surface area (TPSA) is 66.8 Å². The van der Waals surface area contributed by atoms with Crippen molar-refractivity contribution in [1.82, 2.24) is 0 Å². The van der Waals surface area contributed by atoms with Crippen molar-refractivity contribution < 1.29 is 19.7 Å². The molecule has 0 aromatic carbocycles. The number of aliphatic hydroxyl groups excluding tert-OH is 2. The molecule has 1 unspecified atom stereocenters. The third kappa shape index (κ3) is 6.44. The molecule has 0 aliphatic rings. The Kier molecular flexibility index (Phi) is 8.72. The lowest BCUT2D eigenvalue weighted by molar-refractivity contribution is -0.139. The Morgan fingerprint density at radius 1 is 1.35 bits per heavy atom. The molecule has 0 saturated heterocycles. The molecule has 2 N–H and O–H groups in total. The zero-order valence-electron chi connectivity index (χ0n) is 11.0. The molecule has 0 aromatic heterocycles. The van der Waals surface area contributed by atoms with Gasteiger partial charge in [-0.2, -0.15) is 0 Å². The SMILES string of the molecule is CCCCOC(=O)C(C)=C(CC)CC(O)CO. The van der Waals surface area contributed by atoms with Crippen LogP contribution in [0.15, 0.2) is 11.1 Å². The van der Waals surface area contributed by atoms with E-state index in [2.05, 4.69) is 0 Å². The van der Waals surface area contributed by atoms with Crippen LogP contribution in [0.3, 0.4) is 0 Å². The molecule has 100 valence electrons. The van der Waals surface area contributed by atoms with Gasteiger partial charge in [0.05, 0.1) is 19.3 Å². The number of aliphatic hydroxyl groups is 2. The smallest absolute Gasteiger partial charge is 0.333 e. The summed E-state index contributed by atoms with van der Waals surface area (Å²) in [4.78, 5) is 11.7. The van der Waals surface area contributed by atoms with E-state index in [1.807, 2.05) is 13.8 Å². The van der Waals surface area contributed by atoms with E-state index in [9.17, 15) is 9.90 Å². The Morgan fingerprint density at radius 2 is 2.00 bits per heavy atom. The zero-order chi connectivity index (χ0) is 13.3. The highest BCUT2D eigenvalue weighted by molar-refractivity contribution is 5.88. The van der Waals surface area contributed by atoms with Crippen LogP contribution in [0.5, 0.6) is 0 Å². The van der Waals surface area contributed by atoms with Gasteiger partial charge in [0.15, 0.2) is 0 Å².